The third-order valence-electron chi connectivity index (χ3n) is 3.75. The summed E-state index contributed by atoms with van der Waals surface area (Å²) in [6.07, 6.45) is 6.09. The molecule has 0 aliphatic heterocycles. The van der Waals surface area contributed by atoms with Gasteiger partial charge in [-0.3, -0.25) is 0 Å². The number of hydrogen-bond acceptors (Lipinski definition) is 3. The van der Waals surface area contributed by atoms with Gasteiger partial charge in [0.25, 0.3) is 0 Å². The Kier molecular flexibility index (Phi) is 3.85. The number of para-hydroxylation sites is 1. The van der Waals surface area contributed by atoms with E-state index < -0.39 is 0 Å². The maximum atomic E-state index is 9.20. The Labute approximate surface area is 108 Å². The van der Waals surface area contributed by atoms with Gasteiger partial charge in [-0.15, -0.1) is 0 Å². The fourth-order valence-electron chi connectivity index (χ4n) is 2.75. The molecule has 1 fully saturated rings. The van der Waals surface area contributed by atoms with Gasteiger partial charge < -0.3 is 4.90 Å². The van der Waals surface area contributed by atoms with E-state index in [-0.39, 0.29) is 0 Å². The van der Waals surface area contributed by atoms with Crippen molar-refractivity contribution < 1.29 is 0 Å². The molecule has 0 N–H and O–H groups in total. The van der Waals surface area contributed by atoms with Crippen LogP contribution in [0.2, 0.25) is 0 Å². The molecule has 0 unspecified atom stereocenters. The highest BCUT2D eigenvalue weighted by Crippen LogP contribution is 2.30. The number of hydrogen-bond donors (Lipinski definition) is 0. The van der Waals surface area contributed by atoms with Crippen molar-refractivity contribution in [3.05, 3.63) is 29.3 Å². The Bertz CT molecular complexity index is 469. The molecule has 0 amide bonds. The van der Waals surface area contributed by atoms with Crippen LogP contribution in [0.15, 0.2) is 18.2 Å². The minimum Gasteiger partial charge on any atom is -0.369 e. The van der Waals surface area contributed by atoms with Gasteiger partial charge in [0.1, 0.15) is 12.1 Å². The predicted octanol–water partition coefficient (Wildman–Crippen LogP) is 3.20. The van der Waals surface area contributed by atoms with Crippen molar-refractivity contribution in [2.45, 2.75) is 38.1 Å². The zero-order valence-electron chi connectivity index (χ0n) is 10.7. The van der Waals surface area contributed by atoms with Crippen molar-refractivity contribution in [1.29, 1.82) is 10.5 Å². The van der Waals surface area contributed by atoms with Gasteiger partial charge in [0, 0.05) is 13.1 Å². The molecule has 18 heavy (non-hydrogen) atoms. The fourth-order valence-corrected chi connectivity index (χ4v) is 2.75. The van der Waals surface area contributed by atoms with Gasteiger partial charge in [0.05, 0.1) is 16.8 Å². The smallest absolute Gasteiger partial charge is 0.101 e. The van der Waals surface area contributed by atoms with Crippen molar-refractivity contribution >= 4 is 5.69 Å². The van der Waals surface area contributed by atoms with E-state index >= 15 is 0 Å². The van der Waals surface area contributed by atoms with Crippen LogP contribution in [0.25, 0.3) is 0 Å². The maximum Gasteiger partial charge on any atom is 0.101 e. The largest absolute Gasteiger partial charge is 0.369 e. The molecule has 3 heteroatoms. The monoisotopic (exact) mass is 239 g/mol. The SMILES string of the molecule is CN(c1c(C#N)cccc1C#N)C1CCCCC1. The molecule has 0 spiro atoms. The average molecular weight is 239 g/mol. The van der Waals surface area contributed by atoms with Crippen molar-refractivity contribution in [1.82, 2.24) is 0 Å². The molecule has 0 aromatic heterocycles. The molecule has 2 rings (SSSR count). The van der Waals surface area contributed by atoms with Crippen molar-refractivity contribution in [3.63, 3.8) is 0 Å². The first-order chi connectivity index (χ1) is 8.77. The van der Waals surface area contributed by atoms with Crippen molar-refractivity contribution in [3.8, 4) is 12.1 Å². The number of rotatable bonds is 2. The van der Waals surface area contributed by atoms with Gasteiger partial charge in [-0.25, -0.2) is 0 Å². The average Bonchev–Trinajstić information content (AvgIpc) is 2.46. The minimum atomic E-state index is 0.459. The van der Waals surface area contributed by atoms with E-state index in [1.54, 1.807) is 18.2 Å². The standard InChI is InChI=1S/C15H17N3/c1-18(14-8-3-2-4-9-14)15-12(10-16)6-5-7-13(15)11-17/h5-7,14H,2-4,8-9H2,1H3. The molecule has 1 aromatic rings. The quantitative estimate of drug-likeness (QED) is 0.796. The summed E-state index contributed by atoms with van der Waals surface area (Å²) >= 11 is 0. The van der Waals surface area contributed by atoms with Crippen LogP contribution in [-0.2, 0) is 0 Å². The highest BCUT2D eigenvalue weighted by Gasteiger charge is 2.22. The number of anilines is 1. The fraction of sp³-hybridized carbons (Fsp3) is 0.467. The molecule has 0 radical (unpaired) electrons. The number of nitriles is 2. The van der Waals surface area contributed by atoms with Gasteiger partial charge in [0.2, 0.25) is 0 Å². The van der Waals surface area contributed by atoms with Crippen LogP contribution in [0.4, 0.5) is 5.69 Å². The van der Waals surface area contributed by atoms with Gasteiger partial charge in [-0.05, 0) is 25.0 Å². The summed E-state index contributed by atoms with van der Waals surface area (Å²) in [5, 5.41) is 18.4. The first-order valence-corrected chi connectivity index (χ1v) is 6.44. The van der Waals surface area contributed by atoms with Crippen LogP contribution >= 0.6 is 0 Å². The topological polar surface area (TPSA) is 50.8 Å². The molecule has 3 nitrogen and oxygen atoms in total. The lowest BCUT2D eigenvalue weighted by Crippen LogP contribution is -2.34. The number of benzene rings is 1. The molecule has 0 bridgehead atoms. The van der Waals surface area contributed by atoms with Crippen LogP contribution in [-0.4, -0.2) is 13.1 Å². The van der Waals surface area contributed by atoms with E-state index in [0.717, 1.165) is 18.5 Å². The molecule has 92 valence electrons. The second-order valence-corrected chi connectivity index (χ2v) is 4.83. The lowest BCUT2D eigenvalue weighted by Gasteiger charge is -2.33. The molecular formula is C15H17N3. The highest BCUT2D eigenvalue weighted by atomic mass is 15.1. The van der Waals surface area contributed by atoms with Gasteiger partial charge in [-0.1, -0.05) is 25.3 Å². The Morgan fingerprint density at radius 1 is 1.06 bits per heavy atom. The summed E-state index contributed by atoms with van der Waals surface area (Å²) in [4.78, 5) is 2.14. The third kappa shape index (κ3) is 2.31. The molecule has 1 saturated carbocycles. The Morgan fingerprint density at radius 3 is 2.11 bits per heavy atom. The van der Waals surface area contributed by atoms with E-state index in [0.29, 0.717) is 17.2 Å². The third-order valence-corrected chi connectivity index (χ3v) is 3.75. The molecule has 0 atom stereocenters. The maximum absolute atomic E-state index is 9.20. The van der Waals surface area contributed by atoms with Gasteiger partial charge in [-0.2, -0.15) is 10.5 Å². The molecule has 0 saturated heterocycles. The first kappa shape index (κ1) is 12.5. The molecule has 1 aliphatic rings. The van der Waals surface area contributed by atoms with Crippen LogP contribution in [0, 0.1) is 22.7 Å². The van der Waals surface area contributed by atoms with Crippen LogP contribution in [0.1, 0.15) is 43.2 Å². The van der Waals surface area contributed by atoms with E-state index in [1.165, 1.54) is 19.3 Å². The molecule has 0 heterocycles. The summed E-state index contributed by atoms with van der Waals surface area (Å²) < 4.78 is 0. The van der Waals surface area contributed by atoms with Crippen LogP contribution in [0.5, 0.6) is 0 Å². The van der Waals surface area contributed by atoms with Crippen molar-refractivity contribution in [2.75, 3.05) is 11.9 Å². The lowest BCUT2D eigenvalue weighted by atomic mass is 9.93. The molecule has 1 aromatic carbocycles. The van der Waals surface area contributed by atoms with E-state index in [4.69, 9.17) is 0 Å². The minimum absolute atomic E-state index is 0.459. The Balaban J connectivity index is 2.37. The van der Waals surface area contributed by atoms with E-state index in [2.05, 4.69) is 17.0 Å². The first-order valence-electron chi connectivity index (χ1n) is 6.44. The van der Waals surface area contributed by atoms with E-state index in [1.807, 2.05) is 7.05 Å². The lowest BCUT2D eigenvalue weighted by molar-refractivity contribution is 0.427. The highest BCUT2D eigenvalue weighted by molar-refractivity contribution is 5.68. The molecule has 1 aliphatic carbocycles. The second-order valence-electron chi connectivity index (χ2n) is 4.83. The van der Waals surface area contributed by atoms with E-state index in [9.17, 15) is 10.5 Å². The zero-order valence-corrected chi connectivity index (χ0v) is 10.7. The second kappa shape index (κ2) is 5.56. The van der Waals surface area contributed by atoms with Crippen molar-refractivity contribution in [2.24, 2.45) is 0 Å². The van der Waals surface area contributed by atoms with Crippen LogP contribution in [0.3, 0.4) is 0 Å². The van der Waals surface area contributed by atoms with Crippen LogP contribution < -0.4 is 4.90 Å². The molecular weight excluding hydrogens is 222 g/mol. The predicted molar refractivity (Wildman–Crippen MR) is 71.1 cm³/mol. The summed E-state index contributed by atoms with van der Waals surface area (Å²) in [5.74, 6) is 0. The summed E-state index contributed by atoms with van der Waals surface area (Å²) in [6, 6.07) is 10.2. The van der Waals surface area contributed by atoms with Gasteiger partial charge >= 0.3 is 0 Å². The summed E-state index contributed by atoms with van der Waals surface area (Å²) in [6.45, 7) is 0. The number of nitrogens with zero attached hydrogens (tertiary/aromatic N) is 3. The Morgan fingerprint density at radius 2 is 1.61 bits per heavy atom. The van der Waals surface area contributed by atoms with Gasteiger partial charge in [0.15, 0.2) is 0 Å². The summed E-state index contributed by atoms with van der Waals surface area (Å²) in [5.41, 5.74) is 2.00. The zero-order chi connectivity index (χ0) is 13.0. The normalized spacial score (nSPS) is 15.7. The summed E-state index contributed by atoms with van der Waals surface area (Å²) in [7, 11) is 2.01. The Hall–Kier alpha value is -2.00.